The Bertz CT molecular complexity index is 938. The van der Waals surface area contributed by atoms with Gasteiger partial charge in [-0.15, -0.1) is 10.2 Å². The van der Waals surface area contributed by atoms with E-state index in [1.807, 2.05) is 30.2 Å². The summed E-state index contributed by atoms with van der Waals surface area (Å²) in [5.74, 6) is 0. The van der Waals surface area contributed by atoms with E-state index in [2.05, 4.69) is 10.2 Å². The lowest BCUT2D eigenvalue weighted by Gasteiger charge is -2.40. The summed E-state index contributed by atoms with van der Waals surface area (Å²) in [6.07, 6.45) is 5.09. The molecule has 0 saturated carbocycles. The maximum Gasteiger partial charge on any atom is 0.410 e. The summed E-state index contributed by atoms with van der Waals surface area (Å²) < 4.78 is 7.61. The minimum Gasteiger partial charge on any atom is -0.444 e. The van der Waals surface area contributed by atoms with E-state index in [1.54, 1.807) is 18.3 Å². The van der Waals surface area contributed by atoms with Gasteiger partial charge in [-0.1, -0.05) is 11.6 Å². The van der Waals surface area contributed by atoms with Gasteiger partial charge in [-0.25, -0.2) is 4.79 Å². The number of aromatic nitrogens is 3. The van der Waals surface area contributed by atoms with Crippen LogP contribution < -0.4 is 5.43 Å². The summed E-state index contributed by atoms with van der Waals surface area (Å²) in [6, 6.07) is 3.53. The van der Waals surface area contributed by atoms with Crippen molar-refractivity contribution >= 4 is 28.7 Å². The molecule has 144 valence electrons. The van der Waals surface area contributed by atoms with E-state index in [4.69, 9.17) is 16.3 Å². The Labute approximate surface area is 162 Å². The van der Waals surface area contributed by atoms with Gasteiger partial charge < -0.3 is 14.2 Å². The van der Waals surface area contributed by atoms with Crippen molar-refractivity contribution < 1.29 is 9.53 Å². The van der Waals surface area contributed by atoms with Crippen LogP contribution in [0.3, 0.4) is 0 Å². The molecule has 0 aromatic carbocycles. The molecule has 4 heterocycles. The highest BCUT2D eigenvalue weighted by Crippen LogP contribution is 2.42. The summed E-state index contributed by atoms with van der Waals surface area (Å²) in [5, 5.41) is 8.76. The third-order valence-electron chi connectivity index (χ3n) is 5.35. The van der Waals surface area contributed by atoms with Gasteiger partial charge in [0.25, 0.3) is 0 Å². The normalized spacial score (nSPS) is 25.0. The second kappa shape index (κ2) is 6.48. The van der Waals surface area contributed by atoms with E-state index in [1.165, 1.54) is 0 Å². The molecule has 1 unspecified atom stereocenters. The number of carbonyl (C=O) groups is 1. The first-order chi connectivity index (χ1) is 12.7. The van der Waals surface area contributed by atoms with Crippen LogP contribution in [0.1, 0.15) is 52.5 Å². The highest BCUT2D eigenvalue weighted by Gasteiger charge is 2.45. The Morgan fingerprint density at radius 3 is 2.48 bits per heavy atom. The molecular weight excluding hydrogens is 368 g/mol. The number of piperidine rings is 1. The van der Waals surface area contributed by atoms with Gasteiger partial charge in [0.05, 0.1) is 5.39 Å². The van der Waals surface area contributed by atoms with Gasteiger partial charge >= 0.3 is 6.09 Å². The molecule has 2 aliphatic rings. The standard InChI is InChI=1S/C19H23ClN4O3/c1-19(2,3)27-18(26)24-11-4-5-12(24)9-13(8-11)23-7-6-15(25)14-10-16(20)21-22-17(14)23/h6-7,10-13H,4-5,8-9H2,1-3H3/t11-,12+,13?. The Kier molecular flexibility index (Phi) is 4.37. The second-order valence-corrected chi connectivity index (χ2v) is 8.78. The molecule has 2 saturated heterocycles. The number of amides is 1. The van der Waals surface area contributed by atoms with Gasteiger partial charge in [0.1, 0.15) is 5.60 Å². The number of hydrogen-bond donors (Lipinski definition) is 0. The molecule has 2 aliphatic heterocycles. The van der Waals surface area contributed by atoms with Crippen LogP contribution in [-0.4, -0.2) is 43.4 Å². The Morgan fingerprint density at radius 1 is 1.19 bits per heavy atom. The largest absolute Gasteiger partial charge is 0.444 e. The molecule has 2 aromatic heterocycles. The number of pyridine rings is 1. The summed E-state index contributed by atoms with van der Waals surface area (Å²) in [7, 11) is 0. The molecule has 0 N–H and O–H groups in total. The van der Waals surface area contributed by atoms with Crippen LogP contribution >= 0.6 is 11.6 Å². The SMILES string of the molecule is CC(C)(C)OC(=O)N1[C@@H]2CC[C@H]1CC(n1ccc(=O)c3cc(Cl)nnc31)C2. The lowest BCUT2D eigenvalue weighted by molar-refractivity contribution is 0.00311. The van der Waals surface area contributed by atoms with Crippen molar-refractivity contribution in [3.63, 3.8) is 0 Å². The van der Waals surface area contributed by atoms with Crippen LogP contribution in [-0.2, 0) is 4.74 Å². The van der Waals surface area contributed by atoms with E-state index in [9.17, 15) is 9.59 Å². The van der Waals surface area contributed by atoms with Gasteiger partial charge in [0.2, 0.25) is 0 Å². The molecule has 8 heteroatoms. The zero-order valence-corrected chi connectivity index (χ0v) is 16.4. The highest BCUT2D eigenvalue weighted by molar-refractivity contribution is 6.29. The number of hydrogen-bond acceptors (Lipinski definition) is 5. The van der Waals surface area contributed by atoms with Crippen LogP contribution in [0.5, 0.6) is 0 Å². The number of rotatable bonds is 1. The van der Waals surface area contributed by atoms with E-state index in [0.29, 0.717) is 11.0 Å². The van der Waals surface area contributed by atoms with Crippen LogP contribution in [0.2, 0.25) is 5.15 Å². The van der Waals surface area contributed by atoms with Crippen LogP contribution in [0, 0.1) is 0 Å². The minimum atomic E-state index is -0.503. The number of carbonyl (C=O) groups excluding carboxylic acids is 1. The maximum absolute atomic E-state index is 12.6. The second-order valence-electron chi connectivity index (χ2n) is 8.39. The zero-order chi connectivity index (χ0) is 19.3. The fourth-order valence-corrected chi connectivity index (χ4v) is 4.47. The zero-order valence-electron chi connectivity index (χ0n) is 15.7. The predicted molar refractivity (Wildman–Crippen MR) is 102 cm³/mol. The fraction of sp³-hybridized carbons (Fsp3) is 0.579. The number of nitrogens with zero attached hydrogens (tertiary/aromatic N) is 4. The number of ether oxygens (including phenoxy) is 1. The van der Waals surface area contributed by atoms with E-state index in [-0.39, 0.29) is 34.8 Å². The van der Waals surface area contributed by atoms with Crippen molar-refractivity contribution in [2.45, 2.75) is 70.2 Å². The van der Waals surface area contributed by atoms with Crippen molar-refractivity contribution in [1.29, 1.82) is 0 Å². The Morgan fingerprint density at radius 2 is 1.85 bits per heavy atom. The topological polar surface area (TPSA) is 77.3 Å². The highest BCUT2D eigenvalue weighted by atomic mass is 35.5. The quantitative estimate of drug-likeness (QED) is 0.744. The predicted octanol–water partition coefficient (Wildman–Crippen LogP) is 3.55. The van der Waals surface area contributed by atoms with Crippen molar-refractivity contribution in [1.82, 2.24) is 19.7 Å². The molecule has 4 rings (SSSR count). The van der Waals surface area contributed by atoms with Gasteiger partial charge in [0, 0.05) is 30.4 Å². The van der Waals surface area contributed by atoms with Gasteiger partial charge in [-0.2, -0.15) is 0 Å². The molecule has 1 amide bonds. The van der Waals surface area contributed by atoms with Crippen LogP contribution in [0.15, 0.2) is 23.1 Å². The third-order valence-corrected chi connectivity index (χ3v) is 5.53. The molecule has 2 aromatic rings. The molecule has 7 nitrogen and oxygen atoms in total. The van der Waals surface area contributed by atoms with Gasteiger partial charge in [-0.3, -0.25) is 4.79 Å². The molecule has 0 radical (unpaired) electrons. The maximum atomic E-state index is 12.6. The number of halogens is 1. The number of fused-ring (bicyclic) bond motifs is 3. The summed E-state index contributed by atoms with van der Waals surface area (Å²) >= 11 is 5.91. The van der Waals surface area contributed by atoms with Crippen molar-refractivity contribution in [3.8, 4) is 0 Å². The first kappa shape index (κ1) is 18.2. The first-order valence-corrected chi connectivity index (χ1v) is 9.66. The first-order valence-electron chi connectivity index (χ1n) is 9.28. The lowest BCUT2D eigenvalue weighted by Crippen LogP contribution is -2.48. The van der Waals surface area contributed by atoms with Crippen molar-refractivity contribution in [2.24, 2.45) is 0 Å². The molecule has 0 spiro atoms. The lowest BCUT2D eigenvalue weighted by atomic mass is 9.97. The van der Waals surface area contributed by atoms with Crippen molar-refractivity contribution in [2.75, 3.05) is 0 Å². The molecule has 3 atom stereocenters. The Balaban J connectivity index is 1.63. The molecule has 0 aliphatic carbocycles. The molecule has 27 heavy (non-hydrogen) atoms. The Hall–Kier alpha value is -2.15. The smallest absolute Gasteiger partial charge is 0.410 e. The average Bonchev–Trinajstić information content (AvgIpc) is 2.85. The minimum absolute atomic E-state index is 0.118. The fourth-order valence-electron chi connectivity index (χ4n) is 4.32. The van der Waals surface area contributed by atoms with Gasteiger partial charge in [-0.05, 0) is 52.5 Å². The molecular formula is C19H23ClN4O3. The molecule has 2 fully saturated rings. The van der Waals surface area contributed by atoms with Crippen molar-refractivity contribution in [3.05, 3.63) is 33.7 Å². The monoisotopic (exact) mass is 390 g/mol. The summed E-state index contributed by atoms with van der Waals surface area (Å²) in [5.41, 5.74) is -0.0776. The van der Waals surface area contributed by atoms with E-state index < -0.39 is 5.60 Å². The van der Waals surface area contributed by atoms with Crippen LogP contribution in [0.25, 0.3) is 11.0 Å². The van der Waals surface area contributed by atoms with Crippen LogP contribution in [0.4, 0.5) is 4.79 Å². The van der Waals surface area contributed by atoms with E-state index >= 15 is 0 Å². The molecule has 2 bridgehead atoms. The summed E-state index contributed by atoms with van der Waals surface area (Å²) in [4.78, 5) is 26.7. The summed E-state index contributed by atoms with van der Waals surface area (Å²) in [6.45, 7) is 5.65. The average molecular weight is 391 g/mol. The van der Waals surface area contributed by atoms with Gasteiger partial charge in [0.15, 0.2) is 16.2 Å². The third kappa shape index (κ3) is 3.40. The van der Waals surface area contributed by atoms with E-state index in [0.717, 1.165) is 25.7 Å².